The van der Waals surface area contributed by atoms with E-state index in [4.69, 9.17) is 0 Å². The van der Waals surface area contributed by atoms with Gasteiger partial charge in [0.15, 0.2) is 0 Å². The number of carbonyl (C=O) groups excluding carboxylic acids is 2. The number of methoxy groups -OCH3 is 1. The van der Waals surface area contributed by atoms with E-state index < -0.39 is 23.0 Å². The topological polar surface area (TPSA) is 46.6 Å². The number of ether oxygens (including phenoxy) is 1. The molecule has 130 valence electrons. The molecule has 1 unspecified atom stereocenters. The second-order valence-electron chi connectivity index (χ2n) is 5.62. The zero-order valence-corrected chi connectivity index (χ0v) is 14.4. The van der Waals surface area contributed by atoms with Crippen molar-refractivity contribution in [1.82, 2.24) is 0 Å². The van der Waals surface area contributed by atoms with Crippen LogP contribution in [0.5, 0.6) is 0 Å². The quantitative estimate of drug-likeness (QED) is 0.778. The summed E-state index contributed by atoms with van der Waals surface area (Å²) in [7, 11) is 1.29. The Kier molecular flexibility index (Phi) is 4.76. The second kappa shape index (κ2) is 6.84. The van der Waals surface area contributed by atoms with Crippen LogP contribution in [0.2, 0.25) is 0 Å². The van der Waals surface area contributed by atoms with E-state index in [1.54, 1.807) is 25.1 Å². The van der Waals surface area contributed by atoms with Gasteiger partial charge in [-0.15, -0.1) is 11.8 Å². The van der Waals surface area contributed by atoms with Crippen LogP contribution in [-0.4, -0.2) is 24.7 Å². The van der Waals surface area contributed by atoms with Gasteiger partial charge in [-0.1, -0.05) is 0 Å². The molecule has 2 aromatic carbocycles. The lowest BCUT2D eigenvalue weighted by Gasteiger charge is -2.26. The Hall–Kier alpha value is -2.41. The lowest BCUT2D eigenvalue weighted by Crippen LogP contribution is -2.28. The zero-order valence-electron chi connectivity index (χ0n) is 13.6. The first-order chi connectivity index (χ1) is 11.9. The van der Waals surface area contributed by atoms with Gasteiger partial charge in [-0.3, -0.25) is 9.69 Å². The fourth-order valence-corrected chi connectivity index (χ4v) is 3.97. The standard InChI is InChI=1S/C18H15F2NO3S/c1-10-5-11(18(23)24-2)3-4-15(10)21-16(22)9-25-17(21)12-6-13(19)8-14(20)7-12/h3-8,17H,9H2,1-2H3. The Balaban J connectivity index is 2.01. The minimum Gasteiger partial charge on any atom is -0.465 e. The largest absolute Gasteiger partial charge is 0.465 e. The first-order valence-electron chi connectivity index (χ1n) is 7.49. The lowest BCUT2D eigenvalue weighted by atomic mass is 10.1. The van der Waals surface area contributed by atoms with Crippen LogP contribution in [0.4, 0.5) is 14.5 Å². The highest BCUT2D eigenvalue weighted by molar-refractivity contribution is 8.00. The van der Waals surface area contributed by atoms with E-state index in [0.29, 0.717) is 22.4 Å². The summed E-state index contributed by atoms with van der Waals surface area (Å²) < 4.78 is 31.8. The van der Waals surface area contributed by atoms with E-state index in [9.17, 15) is 18.4 Å². The molecule has 0 spiro atoms. The van der Waals surface area contributed by atoms with Crippen molar-refractivity contribution in [2.24, 2.45) is 0 Å². The molecule has 0 bridgehead atoms. The number of esters is 1. The molecule has 0 radical (unpaired) electrons. The van der Waals surface area contributed by atoms with Crippen LogP contribution in [0.15, 0.2) is 36.4 Å². The van der Waals surface area contributed by atoms with Crippen LogP contribution in [0.3, 0.4) is 0 Å². The van der Waals surface area contributed by atoms with E-state index in [1.807, 2.05) is 0 Å². The average molecular weight is 363 g/mol. The van der Waals surface area contributed by atoms with E-state index in [2.05, 4.69) is 4.74 Å². The predicted octanol–water partition coefficient (Wildman–Crippen LogP) is 3.84. The van der Waals surface area contributed by atoms with Gasteiger partial charge in [0, 0.05) is 11.8 Å². The van der Waals surface area contributed by atoms with Gasteiger partial charge in [-0.05, 0) is 48.4 Å². The van der Waals surface area contributed by atoms with E-state index in [0.717, 1.165) is 6.07 Å². The number of carbonyl (C=O) groups is 2. The molecule has 1 atom stereocenters. The van der Waals surface area contributed by atoms with Crippen LogP contribution in [0.25, 0.3) is 0 Å². The highest BCUT2D eigenvalue weighted by Gasteiger charge is 2.35. The number of rotatable bonds is 3. The monoisotopic (exact) mass is 363 g/mol. The number of hydrogen-bond acceptors (Lipinski definition) is 4. The second-order valence-corrected chi connectivity index (χ2v) is 6.69. The molecule has 0 aromatic heterocycles. The van der Waals surface area contributed by atoms with Gasteiger partial charge >= 0.3 is 5.97 Å². The fourth-order valence-electron chi connectivity index (χ4n) is 2.82. The van der Waals surface area contributed by atoms with Crippen molar-refractivity contribution in [3.63, 3.8) is 0 Å². The van der Waals surface area contributed by atoms with Crippen molar-refractivity contribution in [3.05, 3.63) is 64.7 Å². The summed E-state index contributed by atoms with van der Waals surface area (Å²) in [5, 5.41) is -0.527. The Morgan fingerprint density at radius 3 is 2.48 bits per heavy atom. The number of hydrogen-bond donors (Lipinski definition) is 0. The SMILES string of the molecule is COC(=O)c1ccc(N2C(=O)CSC2c2cc(F)cc(F)c2)c(C)c1. The van der Waals surface area contributed by atoms with Crippen molar-refractivity contribution in [1.29, 1.82) is 0 Å². The molecule has 25 heavy (non-hydrogen) atoms. The molecule has 1 aliphatic rings. The molecule has 4 nitrogen and oxygen atoms in total. The summed E-state index contributed by atoms with van der Waals surface area (Å²) in [4.78, 5) is 25.5. The average Bonchev–Trinajstić information content (AvgIpc) is 2.94. The van der Waals surface area contributed by atoms with Crippen LogP contribution >= 0.6 is 11.8 Å². The molecular formula is C18H15F2NO3S. The number of thioether (sulfide) groups is 1. The minimum absolute atomic E-state index is 0.159. The molecule has 0 saturated carbocycles. The maximum Gasteiger partial charge on any atom is 0.337 e. The molecule has 1 fully saturated rings. The van der Waals surface area contributed by atoms with Crippen LogP contribution < -0.4 is 4.90 Å². The Morgan fingerprint density at radius 2 is 1.88 bits per heavy atom. The number of aryl methyl sites for hydroxylation is 1. The van der Waals surface area contributed by atoms with E-state index in [1.165, 1.54) is 35.9 Å². The van der Waals surface area contributed by atoms with Crippen LogP contribution in [-0.2, 0) is 9.53 Å². The van der Waals surface area contributed by atoms with Crippen molar-refractivity contribution < 1.29 is 23.1 Å². The van der Waals surface area contributed by atoms with Gasteiger partial charge < -0.3 is 4.74 Å². The fraction of sp³-hybridized carbons (Fsp3) is 0.222. The third-order valence-corrected chi connectivity index (χ3v) is 5.13. The van der Waals surface area contributed by atoms with Gasteiger partial charge in [0.1, 0.15) is 17.0 Å². The third-order valence-electron chi connectivity index (χ3n) is 3.92. The number of benzene rings is 2. The maximum atomic E-state index is 13.6. The summed E-state index contributed by atoms with van der Waals surface area (Å²) in [6.07, 6.45) is 0. The smallest absolute Gasteiger partial charge is 0.337 e. The van der Waals surface area contributed by atoms with Gasteiger partial charge in [-0.2, -0.15) is 0 Å². The predicted molar refractivity (Wildman–Crippen MR) is 91.6 cm³/mol. The molecule has 1 saturated heterocycles. The van der Waals surface area contributed by atoms with Crippen molar-refractivity contribution >= 4 is 29.3 Å². The third kappa shape index (κ3) is 3.37. The minimum atomic E-state index is -0.687. The lowest BCUT2D eigenvalue weighted by molar-refractivity contribution is -0.115. The molecule has 2 aromatic rings. The molecule has 7 heteroatoms. The molecule has 0 aliphatic carbocycles. The Labute approximate surface area is 147 Å². The van der Waals surface area contributed by atoms with E-state index in [-0.39, 0.29) is 11.7 Å². The maximum absolute atomic E-state index is 13.6. The highest BCUT2D eigenvalue weighted by Crippen LogP contribution is 2.43. The molecule has 3 rings (SSSR count). The number of anilines is 1. The molecule has 1 heterocycles. The van der Waals surface area contributed by atoms with Crippen molar-refractivity contribution in [2.45, 2.75) is 12.3 Å². The summed E-state index contributed by atoms with van der Waals surface area (Å²) >= 11 is 1.30. The molecule has 1 amide bonds. The zero-order chi connectivity index (χ0) is 18.1. The van der Waals surface area contributed by atoms with Crippen LogP contribution in [0, 0.1) is 18.6 Å². The molecule has 0 N–H and O–H groups in total. The van der Waals surface area contributed by atoms with Gasteiger partial charge in [0.05, 0.1) is 18.4 Å². The summed E-state index contributed by atoms with van der Waals surface area (Å²) in [6.45, 7) is 1.77. The highest BCUT2D eigenvalue weighted by atomic mass is 32.2. The van der Waals surface area contributed by atoms with Crippen molar-refractivity contribution in [3.8, 4) is 0 Å². The van der Waals surface area contributed by atoms with E-state index >= 15 is 0 Å². The number of nitrogens with zero attached hydrogens (tertiary/aromatic N) is 1. The van der Waals surface area contributed by atoms with Gasteiger partial charge in [-0.25, -0.2) is 13.6 Å². The first-order valence-corrected chi connectivity index (χ1v) is 8.54. The Morgan fingerprint density at radius 1 is 1.20 bits per heavy atom. The summed E-state index contributed by atoms with van der Waals surface area (Å²) in [5.41, 5.74) is 2.04. The first kappa shape index (κ1) is 17.4. The summed E-state index contributed by atoms with van der Waals surface area (Å²) in [6, 6.07) is 8.09. The molecular weight excluding hydrogens is 348 g/mol. The molecule has 1 aliphatic heterocycles. The normalized spacial score (nSPS) is 17.0. The Bertz CT molecular complexity index is 836. The number of amides is 1. The van der Waals surface area contributed by atoms with Crippen molar-refractivity contribution in [2.75, 3.05) is 17.8 Å². The number of halogens is 2. The summed E-state index contributed by atoms with van der Waals surface area (Å²) in [5.74, 6) is -1.80. The van der Waals surface area contributed by atoms with Gasteiger partial charge in [0.25, 0.3) is 0 Å². The van der Waals surface area contributed by atoms with Gasteiger partial charge in [0.2, 0.25) is 5.91 Å². The van der Waals surface area contributed by atoms with Crippen LogP contribution in [0.1, 0.15) is 26.9 Å².